The zero-order chi connectivity index (χ0) is 17.3. The third-order valence-corrected chi connectivity index (χ3v) is 4.61. The van der Waals surface area contributed by atoms with Crippen LogP contribution in [0.1, 0.15) is 34.6 Å². The van der Waals surface area contributed by atoms with Gasteiger partial charge in [0.1, 0.15) is 5.82 Å². The van der Waals surface area contributed by atoms with Crippen LogP contribution in [0.2, 0.25) is 0 Å². The molecule has 6 nitrogen and oxygen atoms in total. The maximum Gasteiger partial charge on any atom is 0.274 e. The molecule has 0 atom stereocenters. The fraction of sp³-hybridized carbons (Fsp3) is 0.158. The van der Waals surface area contributed by atoms with Crippen molar-refractivity contribution in [2.45, 2.75) is 18.3 Å². The van der Waals surface area contributed by atoms with Gasteiger partial charge in [0.2, 0.25) is 0 Å². The second-order valence-electron chi connectivity index (χ2n) is 6.10. The molecular weight excluding hydrogens is 316 g/mol. The van der Waals surface area contributed by atoms with Crippen molar-refractivity contribution in [1.82, 2.24) is 20.4 Å². The van der Waals surface area contributed by atoms with Gasteiger partial charge in [-0.3, -0.25) is 15.0 Å². The second kappa shape index (κ2) is 6.07. The lowest BCUT2D eigenvalue weighted by Crippen LogP contribution is -2.19. The van der Waals surface area contributed by atoms with Crippen LogP contribution >= 0.6 is 0 Å². The van der Waals surface area contributed by atoms with Gasteiger partial charge in [0, 0.05) is 29.7 Å². The van der Waals surface area contributed by atoms with Crippen molar-refractivity contribution in [2.75, 3.05) is 0 Å². The van der Waals surface area contributed by atoms with Crippen LogP contribution in [0.4, 0.5) is 0 Å². The summed E-state index contributed by atoms with van der Waals surface area (Å²) in [5.74, 6) is 0.272. The lowest BCUT2D eigenvalue weighted by molar-refractivity contribution is 0.0706. The van der Waals surface area contributed by atoms with Crippen molar-refractivity contribution in [3.8, 4) is 11.3 Å². The summed E-state index contributed by atoms with van der Waals surface area (Å²) in [6.45, 7) is 0. The first kappa shape index (κ1) is 15.4. The fourth-order valence-corrected chi connectivity index (χ4v) is 3.04. The Bertz CT molecular complexity index is 906. The molecule has 0 saturated heterocycles. The SMILES string of the molecule is O=C(NO)c1ccc(C2(c3nccc(-c4ccncc4)n3)CC2)cc1. The van der Waals surface area contributed by atoms with E-state index in [0.29, 0.717) is 5.56 Å². The van der Waals surface area contributed by atoms with Gasteiger partial charge in [0.25, 0.3) is 5.91 Å². The molecule has 0 aliphatic heterocycles. The zero-order valence-electron chi connectivity index (χ0n) is 13.4. The number of hydrogen-bond donors (Lipinski definition) is 2. The van der Waals surface area contributed by atoms with Gasteiger partial charge >= 0.3 is 0 Å². The van der Waals surface area contributed by atoms with E-state index in [4.69, 9.17) is 10.2 Å². The summed E-state index contributed by atoms with van der Waals surface area (Å²) >= 11 is 0. The first-order valence-corrected chi connectivity index (χ1v) is 8.02. The minimum Gasteiger partial charge on any atom is -0.288 e. The summed E-state index contributed by atoms with van der Waals surface area (Å²) in [6, 6.07) is 13.0. The van der Waals surface area contributed by atoms with Gasteiger partial charge in [-0.1, -0.05) is 12.1 Å². The smallest absolute Gasteiger partial charge is 0.274 e. The highest BCUT2D eigenvalue weighted by molar-refractivity contribution is 5.93. The molecule has 0 unspecified atom stereocenters. The molecule has 1 aliphatic rings. The maximum absolute atomic E-state index is 11.5. The van der Waals surface area contributed by atoms with E-state index in [2.05, 4.69) is 9.97 Å². The third kappa shape index (κ3) is 2.77. The van der Waals surface area contributed by atoms with E-state index >= 15 is 0 Å². The molecular formula is C19H16N4O2. The van der Waals surface area contributed by atoms with E-state index in [1.807, 2.05) is 30.3 Å². The molecule has 1 aliphatic carbocycles. The summed E-state index contributed by atoms with van der Waals surface area (Å²) in [6.07, 6.45) is 7.21. The van der Waals surface area contributed by atoms with Crippen molar-refractivity contribution in [2.24, 2.45) is 0 Å². The summed E-state index contributed by atoms with van der Waals surface area (Å²) < 4.78 is 0. The molecule has 1 aromatic carbocycles. The number of aromatic nitrogens is 3. The number of rotatable bonds is 4. The van der Waals surface area contributed by atoms with Crippen LogP contribution in [-0.2, 0) is 5.41 Å². The number of carbonyl (C=O) groups is 1. The predicted octanol–water partition coefficient (Wildman–Crippen LogP) is 2.74. The molecule has 2 heterocycles. The van der Waals surface area contributed by atoms with Gasteiger partial charge in [0.05, 0.1) is 11.1 Å². The summed E-state index contributed by atoms with van der Waals surface area (Å²) in [7, 11) is 0. The molecule has 0 radical (unpaired) electrons. The largest absolute Gasteiger partial charge is 0.288 e. The molecule has 124 valence electrons. The van der Waals surface area contributed by atoms with Gasteiger partial charge in [-0.15, -0.1) is 0 Å². The Morgan fingerprint density at radius 3 is 2.36 bits per heavy atom. The van der Waals surface area contributed by atoms with Gasteiger partial charge in [-0.25, -0.2) is 15.4 Å². The molecule has 25 heavy (non-hydrogen) atoms. The molecule has 0 spiro atoms. The summed E-state index contributed by atoms with van der Waals surface area (Å²) in [4.78, 5) is 24.8. The van der Waals surface area contributed by atoms with Crippen molar-refractivity contribution in [1.29, 1.82) is 0 Å². The highest BCUT2D eigenvalue weighted by atomic mass is 16.5. The Morgan fingerprint density at radius 2 is 1.72 bits per heavy atom. The average molecular weight is 332 g/mol. The van der Waals surface area contributed by atoms with Gasteiger partial charge < -0.3 is 0 Å². The molecule has 1 fully saturated rings. The minimum absolute atomic E-state index is 0.197. The maximum atomic E-state index is 11.5. The van der Waals surface area contributed by atoms with Crippen LogP contribution in [0.15, 0.2) is 61.1 Å². The first-order valence-electron chi connectivity index (χ1n) is 8.02. The monoisotopic (exact) mass is 332 g/mol. The standard InChI is InChI=1S/C19H16N4O2/c24-17(23-25)14-1-3-15(4-2-14)19(8-9-19)18-21-12-7-16(22-18)13-5-10-20-11-6-13/h1-7,10-12,25H,8-9H2,(H,23,24). The van der Waals surface area contributed by atoms with E-state index in [-0.39, 0.29) is 5.41 Å². The molecule has 6 heteroatoms. The van der Waals surface area contributed by atoms with Crippen LogP contribution in [0, 0.1) is 0 Å². The Morgan fingerprint density at radius 1 is 1.00 bits per heavy atom. The van der Waals surface area contributed by atoms with E-state index in [9.17, 15) is 4.79 Å². The lowest BCUT2D eigenvalue weighted by Gasteiger charge is -2.15. The minimum atomic E-state index is -0.521. The third-order valence-electron chi connectivity index (χ3n) is 4.61. The molecule has 0 bridgehead atoms. The normalized spacial score (nSPS) is 14.8. The van der Waals surface area contributed by atoms with Crippen molar-refractivity contribution in [3.05, 3.63) is 78.0 Å². The number of nitrogens with zero attached hydrogens (tertiary/aromatic N) is 3. The molecule has 1 saturated carbocycles. The topological polar surface area (TPSA) is 88.0 Å². The number of carbonyl (C=O) groups excluding carboxylic acids is 1. The second-order valence-corrected chi connectivity index (χ2v) is 6.10. The number of pyridine rings is 1. The fourth-order valence-electron chi connectivity index (χ4n) is 3.04. The average Bonchev–Trinajstić information content (AvgIpc) is 3.50. The van der Waals surface area contributed by atoms with Crippen LogP contribution < -0.4 is 5.48 Å². The molecule has 4 rings (SSSR count). The molecule has 2 N–H and O–H groups in total. The van der Waals surface area contributed by atoms with E-state index in [1.165, 1.54) is 0 Å². The van der Waals surface area contributed by atoms with Gasteiger partial charge in [0.15, 0.2) is 0 Å². The van der Waals surface area contributed by atoms with Crippen LogP contribution in [0.3, 0.4) is 0 Å². The van der Waals surface area contributed by atoms with E-state index < -0.39 is 5.91 Å². The summed E-state index contributed by atoms with van der Waals surface area (Å²) in [5, 5.41) is 8.72. The summed E-state index contributed by atoms with van der Waals surface area (Å²) in [5.41, 5.74) is 4.81. The quantitative estimate of drug-likeness (QED) is 0.566. The Hall–Kier alpha value is -3.12. The van der Waals surface area contributed by atoms with Gasteiger partial charge in [-0.2, -0.15) is 0 Å². The van der Waals surface area contributed by atoms with Crippen molar-refractivity contribution < 1.29 is 10.0 Å². The first-order chi connectivity index (χ1) is 12.2. The zero-order valence-corrected chi connectivity index (χ0v) is 13.4. The van der Waals surface area contributed by atoms with E-state index in [0.717, 1.165) is 35.5 Å². The van der Waals surface area contributed by atoms with E-state index in [1.54, 1.807) is 36.2 Å². The van der Waals surface area contributed by atoms with Crippen LogP contribution in [0.25, 0.3) is 11.3 Å². The highest BCUT2D eigenvalue weighted by Crippen LogP contribution is 2.52. The van der Waals surface area contributed by atoms with Crippen LogP contribution in [-0.4, -0.2) is 26.1 Å². The Kier molecular flexibility index (Phi) is 3.74. The number of hydrogen-bond acceptors (Lipinski definition) is 5. The number of nitrogens with one attached hydrogen (secondary N) is 1. The Labute approximate surface area is 144 Å². The van der Waals surface area contributed by atoms with Crippen LogP contribution in [0.5, 0.6) is 0 Å². The molecule has 3 aromatic rings. The number of amides is 1. The molecule has 1 amide bonds. The van der Waals surface area contributed by atoms with Crippen molar-refractivity contribution >= 4 is 5.91 Å². The molecule has 2 aromatic heterocycles. The number of hydroxylamine groups is 1. The highest BCUT2D eigenvalue weighted by Gasteiger charge is 2.48. The Balaban J connectivity index is 1.68. The predicted molar refractivity (Wildman–Crippen MR) is 91.0 cm³/mol. The lowest BCUT2D eigenvalue weighted by atomic mass is 9.93. The van der Waals surface area contributed by atoms with Crippen molar-refractivity contribution in [3.63, 3.8) is 0 Å². The number of benzene rings is 1. The van der Waals surface area contributed by atoms with Gasteiger partial charge in [-0.05, 0) is 48.7 Å².